The zero-order valence-corrected chi connectivity index (χ0v) is 19.5. The highest BCUT2D eigenvalue weighted by Gasteiger charge is 2.32. The second-order valence-electron chi connectivity index (χ2n) is 8.72. The molecule has 2 amide bonds. The summed E-state index contributed by atoms with van der Waals surface area (Å²) in [6.07, 6.45) is 6.04. The molecule has 2 N–H and O–H groups in total. The number of anilines is 1. The Labute approximate surface area is 192 Å². The molecule has 33 heavy (non-hydrogen) atoms. The van der Waals surface area contributed by atoms with Gasteiger partial charge in [-0.3, -0.25) is 14.4 Å². The molecule has 1 aromatic carbocycles. The van der Waals surface area contributed by atoms with Crippen molar-refractivity contribution in [3.05, 3.63) is 30.1 Å². The fourth-order valence-corrected chi connectivity index (χ4v) is 4.88. The highest BCUT2D eigenvalue weighted by atomic mass is 32.2. The quantitative estimate of drug-likeness (QED) is 0.625. The lowest BCUT2D eigenvalue weighted by Crippen LogP contribution is -2.41. The van der Waals surface area contributed by atoms with Gasteiger partial charge in [0.2, 0.25) is 5.91 Å². The summed E-state index contributed by atoms with van der Waals surface area (Å²) in [5.74, 6) is 0.556. The first kappa shape index (κ1) is 23.1. The number of nitrogens with one attached hydrogen (secondary N) is 1. The van der Waals surface area contributed by atoms with E-state index in [1.165, 1.54) is 11.2 Å². The highest BCUT2D eigenvalue weighted by Crippen LogP contribution is 2.43. The van der Waals surface area contributed by atoms with Crippen molar-refractivity contribution in [2.45, 2.75) is 51.2 Å². The van der Waals surface area contributed by atoms with E-state index in [9.17, 15) is 23.1 Å². The Balaban J connectivity index is 1.69. The van der Waals surface area contributed by atoms with Crippen LogP contribution in [0.5, 0.6) is 5.75 Å². The second-order valence-corrected chi connectivity index (χ2v) is 11.0. The van der Waals surface area contributed by atoms with E-state index >= 15 is 0 Å². The van der Waals surface area contributed by atoms with Crippen molar-refractivity contribution in [3.63, 3.8) is 0 Å². The molecular weight excluding hydrogens is 448 g/mol. The molecule has 178 valence electrons. The van der Waals surface area contributed by atoms with Gasteiger partial charge in [0.05, 0.1) is 30.2 Å². The van der Waals surface area contributed by atoms with Crippen LogP contribution in [0.2, 0.25) is 0 Å². The van der Waals surface area contributed by atoms with E-state index in [0.717, 1.165) is 16.7 Å². The Bertz CT molecular complexity index is 1180. The first-order valence-corrected chi connectivity index (χ1v) is 13.0. The number of rotatable bonds is 7. The van der Waals surface area contributed by atoms with E-state index in [2.05, 4.69) is 10.4 Å². The number of hydrogen-bond acceptors (Lipinski definition) is 6. The van der Waals surface area contributed by atoms with Gasteiger partial charge in [-0.05, 0) is 38.3 Å². The van der Waals surface area contributed by atoms with Crippen LogP contribution < -0.4 is 15.0 Å². The van der Waals surface area contributed by atoms with Gasteiger partial charge in [0.15, 0.2) is 0 Å². The summed E-state index contributed by atoms with van der Waals surface area (Å²) in [5.41, 5.74) is 2.90. The molecule has 2 atom stereocenters. The number of hydrogen-bond donors (Lipinski definition) is 2. The average Bonchev–Trinajstić information content (AvgIpc) is 3.38. The predicted octanol–water partition coefficient (Wildman–Crippen LogP) is 2.07. The van der Waals surface area contributed by atoms with Crippen LogP contribution in [0.3, 0.4) is 0 Å². The highest BCUT2D eigenvalue weighted by molar-refractivity contribution is 7.90. The van der Waals surface area contributed by atoms with Crippen LogP contribution in [0, 0.1) is 0 Å². The van der Waals surface area contributed by atoms with E-state index in [1.807, 2.05) is 13.0 Å². The van der Waals surface area contributed by atoms with Crippen molar-refractivity contribution in [2.75, 3.05) is 23.5 Å². The molecule has 0 unspecified atom stereocenters. The van der Waals surface area contributed by atoms with Crippen molar-refractivity contribution >= 4 is 27.5 Å². The minimum atomic E-state index is -3.12. The number of carbonyl (C=O) groups excluding carboxylic acids is 1. The van der Waals surface area contributed by atoms with Gasteiger partial charge in [-0.2, -0.15) is 5.10 Å². The van der Waals surface area contributed by atoms with Gasteiger partial charge >= 0.3 is 6.09 Å². The van der Waals surface area contributed by atoms with Crippen LogP contribution >= 0.6 is 0 Å². The standard InChI is InChI=1S/C22H28N4O6S/c1-14-3-5-18-19(26(14)22(28)29)7-6-17(21(18)32-13-16-4-8-20(27)24-16)15-11-23-25(12-15)9-10-33(2,30)31/h6-7,11-12,14,16H,3-5,8-10,13H2,1-2H3,(H,24,27)(H,28,29)/t14-,16+/m0/s1. The zero-order valence-electron chi connectivity index (χ0n) is 18.7. The van der Waals surface area contributed by atoms with Crippen molar-refractivity contribution in [3.8, 4) is 16.9 Å². The van der Waals surface area contributed by atoms with Crippen molar-refractivity contribution < 1.29 is 27.9 Å². The summed E-state index contributed by atoms with van der Waals surface area (Å²) in [5, 5.41) is 16.9. The summed E-state index contributed by atoms with van der Waals surface area (Å²) in [7, 11) is -3.12. The Kier molecular flexibility index (Phi) is 6.33. The Morgan fingerprint density at radius 2 is 2.09 bits per heavy atom. The molecule has 11 heteroatoms. The van der Waals surface area contributed by atoms with E-state index in [4.69, 9.17) is 4.74 Å². The van der Waals surface area contributed by atoms with Gasteiger partial charge in [-0.1, -0.05) is 0 Å². The van der Waals surface area contributed by atoms with E-state index in [-0.39, 0.29) is 36.9 Å². The molecule has 0 bridgehead atoms. The number of ether oxygens (including phenoxy) is 1. The summed E-state index contributed by atoms with van der Waals surface area (Å²) < 4.78 is 30.8. The molecule has 3 heterocycles. The first-order valence-electron chi connectivity index (χ1n) is 10.9. The summed E-state index contributed by atoms with van der Waals surface area (Å²) in [4.78, 5) is 24.9. The molecule has 4 rings (SSSR count). The Morgan fingerprint density at radius 1 is 1.30 bits per heavy atom. The van der Waals surface area contributed by atoms with Gasteiger partial charge < -0.3 is 15.2 Å². The lowest BCUT2D eigenvalue weighted by Gasteiger charge is -2.34. The number of sulfone groups is 1. The number of aryl methyl sites for hydroxylation is 1. The Hall–Kier alpha value is -3.08. The number of aromatic nitrogens is 2. The maximum atomic E-state index is 11.9. The molecule has 1 saturated heterocycles. The molecule has 0 radical (unpaired) electrons. The molecule has 2 aliphatic rings. The predicted molar refractivity (Wildman–Crippen MR) is 122 cm³/mol. The Morgan fingerprint density at radius 3 is 2.76 bits per heavy atom. The maximum Gasteiger partial charge on any atom is 0.412 e. The van der Waals surface area contributed by atoms with Gasteiger partial charge in [0.25, 0.3) is 0 Å². The molecule has 0 saturated carbocycles. The SMILES string of the molecule is C[C@H]1CCc2c(ccc(-c3cnn(CCS(C)(=O)=O)c3)c2OC[C@H]2CCC(=O)N2)N1C(=O)O. The van der Waals surface area contributed by atoms with Crippen LogP contribution in [-0.2, 0) is 27.6 Å². The van der Waals surface area contributed by atoms with E-state index in [0.29, 0.717) is 37.1 Å². The third kappa shape index (κ3) is 5.13. The molecule has 2 aliphatic heterocycles. The molecule has 1 fully saturated rings. The van der Waals surface area contributed by atoms with Gasteiger partial charge in [0.1, 0.15) is 22.2 Å². The van der Waals surface area contributed by atoms with Gasteiger partial charge in [-0.15, -0.1) is 0 Å². The largest absolute Gasteiger partial charge is 0.490 e. The van der Waals surface area contributed by atoms with Crippen LogP contribution in [0.15, 0.2) is 24.5 Å². The maximum absolute atomic E-state index is 11.9. The normalized spacial score (nSPS) is 20.4. The minimum Gasteiger partial charge on any atom is -0.490 e. The monoisotopic (exact) mass is 476 g/mol. The smallest absolute Gasteiger partial charge is 0.412 e. The summed E-state index contributed by atoms with van der Waals surface area (Å²) in [6, 6.07) is 3.35. The van der Waals surface area contributed by atoms with Crippen molar-refractivity contribution in [2.24, 2.45) is 0 Å². The van der Waals surface area contributed by atoms with Crippen LogP contribution in [0.25, 0.3) is 11.1 Å². The van der Waals surface area contributed by atoms with E-state index < -0.39 is 15.9 Å². The summed E-state index contributed by atoms with van der Waals surface area (Å²) >= 11 is 0. The number of benzene rings is 1. The van der Waals surface area contributed by atoms with Crippen molar-refractivity contribution in [1.82, 2.24) is 15.1 Å². The topological polar surface area (TPSA) is 131 Å². The number of nitrogens with zero attached hydrogens (tertiary/aromatic N) is 3. The summed E-state index contributed by atoms with van der Waals surface area (Å²) in [6.45, 7) is 2.39. The molecule has 10 nitrogen and oxygen atoms in total. The first-order chi connectivity index (χ1) is 15.6. The number of carboxylic acid groups (broad SMARTS) is 1. The van der Waals surface area contributed by atoms with Crippen molar-refractivity contribution in [1.29, 1.82) is 0 Å². The number of carbonyl (C=O) groups is 2. The fraction of sp³-hybridized carbons (Fsp3) is 0.500. The minimum absolute atomic E-state index is 0.00283. The molecule has 2 aromatic rings. The van der Waals surface area contributed by atoms with Crippen LogP contribution in [0.4, 0.5) is 10.5 Å². The lowest BCUT2D eigenvalue weighted by molar-refractivity contribution is -0.119. The zero-order chi connectivity index (χ0) is 23.8. The fourth-order valence-electron chi connectivity index (χ4n) is 4.36. The molecule has 0 aliphatic carbocycles. The molecular formula is C22H28N4O6S. The number of fused-ring (bicyclic) bond motifs is 1. The van der Waals surface area contributed by atoms with Gasteiger partial charge in [-0.25, -0.2) is 13.2 Å². The third-order valence-electron chi connectivity index (χ3n) is 6.10. The van der Waals surface area contributed by atoms with Crippen LogP contribution in [0.1, 0.15) is 31.7 Å². The van der Waals surface area contributed by atoms with Crippen LogP contribution in [-0.4, -0.2) is 66.0 Å². The third-order valence-corrected chi connectivity index (χ3v) is 7.03. The lowest BCUT2D eigenvalue weighted by atomic mass is 9.92. The number of amides is 2. The second kappa shape index (κ2) is 9.05. The molecule has 0 spiro atoms. The molecule has 1 aromatic heterocycles. The van der Waals surface area contributed by atoms with E-state index in [1.54, 1.807) is 23.1 Å². The average molecular weight is 477 g/mol. The van der Waals surface area contributed by atoms with Gasteiger partial charge in [0, 0.05) is 41.6 Å².